The Hall–Kier alpha value is -3.04. The molecule has 8 nitrogen and oxygen atoms in total. The number of para-hydroxylation sites is 1. The molecule has 0 aliphatic carbocycles. The monoisotopic (exact) mass is 412 g/mol. The minimum absolute atomic E-state index is 0.0634. The van der Waals surface area contributed by atoms with Gasteiger partial charge in [0, 0.05) is 31.1 Å². The van der Waals surface area contributed by atoms with Crippen LogP contribution in [0.1, 0.15) is 23.2 Å². The standard InChI is InChI=1S/C20H20N4O4S/c1-23-17-10-3-2-9-16(17)18(20(23)26)21-22-19(25)14-7-6-8-15(13-14)29(27,28)24-11-4-5-12-24/h2-3,6-10,13,26H,4-5,11-12H2,1H3. The fourth-order valence-electron chi connectivity index (χ4n) is 3.48. The van der Waals surface area contributed by atoms with Crippen molar-refractivity contribution >= 4 is 32.5 Å². The van der Waals surface area contributed by atoms with Gasteiger partial charge in [0.1, 0.15) is 0 Å². The Morgan fingerprint density at radius 3 is 2.55 bits per heavy atom. The van der Waals surface area contributed by atoms with Crippen molar-refractivity contribution in [3.8, 4) is 5.88 Å². The summed E-state index contributed by atoms with van der Waals surface area (Å²) < 4.78 is 28.4. The van der Waals surface area contributed by atoms with E-state index in [9.17, 15) is 18.3 Å². The van der Waals surface area contributed by atoms with Crippen LogP contribution >= 0.6 is 0 Å². The summed E-state index contributed by atoms with van der Waals surface area (Å²) in [6.07, 6.45) is 1.67. The molecule has 3 aromatic rings. The van der Waals surface area contributed by atoms with Gasteiger partial charge in [0.05, 0.1) is 10.4 Å². The third-order valence-corrected chi connectivity index (χ3v) is 6.97. The zero-order valence-corrected chi connectivity index (χ0v) is 16.6. The molecule has 1 aliphatic heterocycles. The number of amides is 1. The summed E-state index contributed by atoms with van der Waals surface area (Å²) in [6.45, 7) is 0.973. The first-order valence-corrected chi connectivity index (χ1v) is 10.7. The van der Waals surface area contributed by atoms with Crippen molar-refractivity contribution in [2.75, 3.05) is 13.1 Å². The number of hydrogen-bond donors (Lipinski definition) is 1. The van der Waals surface area contributed by atoms with Crippen molar-refractivity contribution in [2.24, 2.45) is 17.3 Å². The highest BCUT2D eigenvalue weighted by atomic mass is 32.2. The summed E-state index contributed by atoms with van der Waals surface area (Å²) in [5.74, 6) is -0.788. The highest BCUT2D eigenvalue weighted by molar-refractivity contribution is 7.89. The number of rotatable bonds is 4. The maximum absolute atomic E-state index is 12.7. The van der Waals surface area contributed by atoms with E-state index in [4.69, 9.17) is 0 Å². The van der Waals surface area contributed by atoms with E-state index < -0.39 is 15.9 Å². The van der Waals surface area contributed by atoms with Crippen LogP contribution in [-0.2, 0) is 17.1 Å². The van der Waals surface area contributed by atoms with Crippen LogP contribution in [0.25, 0.3) is 10.9 Å². The van der Waals surface area contributed by atoms with Crippen LogP contribution in [0, 0.1) is 0 Å². The molecule has 1 saturated heterocycles. The highest BCUT2D eigenvalue weighted by Crippen LogP contribution is 2.37. The van der Waals surface area contributed by atoms with Crippen molar-refractivity contribution in [2.45, 2.75) is 17.7 Å². The zero-order chi connectivity index (χ0) is 20.6. The lowest BCUT2D eigenvalue weighted by molar-refractivity contribution is 0.0995. The molecule has 2 aromatic carbocycles. The number of azo groups is 1. The molecule has 0 saturated carbocycles. The van der Waals surface area contributed by atoms with Crippen LogP contribution in [0.3, 0.4) is 0 Å². The van der Waals surface area contributed by atoms with E-state index in [2.05, 4.69) is 10.2 Å². The summed E-state index contributed by atoms with van der Waals surface area (Å²) in [5, 5.41) is 18.6. The Kier molecular flexibility index (Phi) is 4.93. The number of sulfonamides is 1. The summed E-state index contributed by atoms with van der Waals surface area (Å²) >= 11 is 0. The van der Waals surface area contributed by atoms with Gasteiger partial charge in [-0.2, -0.15) is 4.31 Å². The van der Waals surface area contributed by atoms with Crippen LogP contribution in [0.15, 0.2) is 63.7 Å². The van der Waals surface area contributed by atoms with Crippen molar-refractivity contribution in [1.82, 2.24) is 8.87 Å². The normalized spacial score (nSPS) is 15.5. The van der Waals surface area contributed by atoms with Gasteiger partial charge in [-0.15, -0.1) is 10.2 Å². The van der Waals surface area contributed by atoms with Gasteiger partial charge in [-0.1, -0.05) is 24.3 Å². The molecule has 1 aromatic heterocycles. The Labute approximate surface area is 168 Å². The lowest BCUT2D eigenvalue weighted by Gasteiger charge is -2.15. The van der Waals surface area contributed by atoms with E-state index in [1.807, 2.05) is 12.1 Å². The second kappa shape index (κ2) is 7.41. The maximum Gasteiger partial charge on any atom is 0.295 e. The van der Waals surface area contributed by atoms with Crippen LogP contribution in [0.4, 0.5) is 5.69 Å². The number of aromatic nitrogens is 1. The van der Waals surface area contributed by atoms with Crippen LogP contribution < -0.4 is 0 Å². The minimum atomic E-state index is -3.63. The Balaban J connectivity index is 1.64. The number of hydrogen-bond acceptors (Lipinski definition) is 5. The predicted molar refractivity (Wildman–Crippen MR) is 108 cm³/mol. The molecular formula is C20H20N4O4S. The molecule has 2 heterocycles. The van der Waals surface area contributed by atoms with E-state index >= 15 is 0 Å². The molecule has 1 N–H and O–H groups in total. The fourth-order valence-corrected chi connectivity index (χ4v) is 5.04. The van der Waals surface area contributed by atoms with Gasteiger partial charge in [-0.3, -0.25) is 4.79 Å². The Morgan fingerprint density at radius 2 is 1.79 bits per heavy atom. The van der Waals surface area contributed by atoms with Gasteiger partial charge >= 0.3 is 0 Å². The van der Waals surface area contributed by atoms with E-state index in [0.29, 0.717) is 18.5 Å². The Morgan fingerprint density at radius 1 is 1.07 bits per heavy atom. The average molecular weight is 412 g/mol. The topological polar surface area (TPSA) is 104 Å². The lowest BCUT2D eigenvalue weighted by Crippen LogP contribution is -2.27. The van der Waals surface area contributed by atoms with Crippen molar-refractivity contribution < 1.29 is 18.3 Å². The number of aryl methyl sites for hydroxylation is 1. The molecule has 1 aliphatic rings. The van der Waals surface area contributed by atoms with Crippen molar-refractivity contribution in [1.29, 1.82) is 0 Å². The SMILES string of the molecule is Cn1c(O)c(N=NC(=O)c2cccc(S(=O)(=O)N3CCCC3)c2)c2ccccc21. The number of nitrogens with zero attached hydrogens (tertiary/aromatic N) is 4. The van der Waals surface area contributed by atoms with Crippen LogP contribution in [0.5, 0.6) is 5.88 Å². The zero-order valence-electron chi connectivity index (χ0n) is 15.8. The first kappa shape index (κ1) is 19.3. The molecule has 150 valence electrons. The second-order valence-corrected chi connectivity index (χ2v) is 8.83. The van der Waals surface area contributed by atoms with Crippen molar-refractivity contribution in [3.63, 3.8) is 0 Å². The third-order valence-electron chi connectivity index (χ3n) is 5.07. The maximum atomic E-state index is 12.7. The molecule has 1 amide bonds. The summed E-state index contributed by atoms with van der Waals surface area (Å²) in [4.78, 5) is 12.6. The minimum Gasteiger partial charge on any atom is -0.493 e. The fraction of sp³-hybridized carbons (Fsp3) is 0.250. The molecule has 29 heavy (non-hydrogen) atoms. The number of benzene rings is 2. The number of carbonyl (C=O) groups is 1. The average Bonchev–Trinajstić information content (AvgIpc) is 3.36. The smallest absolute Gasteiger partial charge is 0.295 e. The first-order valence-electron chi connectivity index (χ1n) is 9.22. The van der Waals surface area contributed by atoms with E-state index in [0.717, 1.165) is 18.4 Å². The van der Waals surface area contributed by atoms with Crippen LogP contribution in [-0.4, -0.2) is 41.4 Å². The number of carbonyl (C=O) groups excluding carboxylic acids is 1. The third kappa shape index (κ3) is 3.43. The van der Waals surface area contributed by atoms with E-state index in [1.54, 1.807) is 23.7 Å². The molecule has 4 rings (SSSR count). The molecule has 0 unspecified atom stereocenters. The molecule has 0 spiro atoms. The summed E-state index contributed by atoms with van der Waals surface area (Å²) in [7, 11) is -1.94. The highest BCUT2D eigenvalue weighted by Gasteiger charge is 2.27. The van der Waals surface area contributed by atoms with Gasteiger partial charge < -0.3 is 9.67 Å². The summed E-state index contributed by atoms with van der Waals surface area (Å²) in [5.41, 5.74) is 1.07. The molecule has 0 atom stereocenters. The van der Waals surface area contributed by atoms with Gasteiger partial charge in [-0.25, -0.2) is 8.42 Å². The molecule has 0 bridgehead atoms. The largest absolute Gasteiger partial charge is 0.493 e. The lowest BCUT2D eigenvalue weighted by atomic mass is 10.2. The van der Waals surface area contributed by atoms with Gasteiger partial charge in [0.25, 0.3) is 5.91 Å². The van der Waals surface area contributed by atoms with Gasteiger partial charge in [0.2, 0.25) is 15.9 Å². The number of fused-ring (bicyclic) bond motifs is 1. The molecule has 9 heteroatoms. The Bertz CT molecular complexity index is 1220. The molecule has 1 fully saturated rings. The molecular weight excluding hydrogens is 392 g/mol. The van der Waals surface area contributed by atoms with E-state index in [-0.39, 0.29) is 22.0 Å². The number of aromatic hydroxyl groups is 1. The molecule has 0 radical (unpaired) electrons. The van der Waals surface area contributed by atoms with Gasteiger partial charge in [-0.05, 0) is 37.1 Å². The van der Waals surface area contributed by atoms with Gasteiger partial charge in [0.15, 0.2) is 5.69 Å². The first-order chi connectivity index (χ1) is 13.9. The quantitative estimate of drug-likeness (QED) is 0.661. The predicted octanol–water partition coefficient (Wildman–Crippen LogP) is 3.59. The van der Waals surface area contributed by atoms with E-state index in [1.165, 1.54) is 28.6 Å². The second-order valence-electron chi connectivity index (χ2n) is 6.89. The van der Waals surface area contributed by atoms with Crippen molar-refractivity contribution in [3.05, 3.63) is 54.1 Å². The van der Waals surface area contributed by atoms with Crippen LogP contribution in [0.2, 0.25) is 0 Å². The summed E-state index contributed by atoms with van der Waals surface area (Å²) in [6, 6.07) is 13.0.